The molecule has 4 rings (SSSR count). The Hall–Kier alpha value is -2.70. The minimum Gasteiger partial charge on any atom is -0.342 e. The third-order valence-corrected chi connectivity index (χ3v) is 5.60. The average molecular weight is 382 g/mol. The van der Waals surface area contributed by atoms with Crippen molar-refractivity contribution in [2.45, 2.75) is 51.0 Å². The van der Waals surface area contributed by atoms with Crippen molar-refractivity contribution in [3.8, 4) is 11.5 Å². The smallest absolute Gasteiger partial charge is 0.257 e. The highest BCUT2D eigenvalue weighted by Gasteiger charge is 2.31. The van der Waals surface area contributed by atoms with Gasteiger partial charge in [0, 0.05) is 38.0 Å². The Morgan fingerprint density at radius 1 is 1.11 bits per heavy atom. The summed E-state index contributed by atoms with van der Waals surface area (Å²) in [6.07, 6.45) is 5.79. The summed E-state index contributed by atoms with van der Waals surface area (Å²) in [6, 6.07) is 9.50. The molecular formula is C21H26N4O3. The molecule has 0 aliphatic carbocycles. The van der Waals surface area contributed by atoms with Gasteiger partial charge in [-0.3, -0.25) is 9.59 Å². The van der Waals surface area contributed by atoms with Crippen LogP contribution in [0.5, 0.6) is 0 Å². The second-order valence-corrected chi connectivity index (χ2v) is 7.51. The van der Waals surface area contributed by atoms with Crippen LogP contribution >= 0.6 is 0 Å². The second kappa shape index (κ2) is 8.54. The zero-order valence-electron chi connectivity index (χ0n) is 16.0. The van der Waals surface area contributed by atoms with Gasteiger partial charge >= 0.3 is 0 Å². The molecule has 1 aromatic carbocycles. The molecule has 1 aromatic heterocycles. The molecule has 2 aliphatic rings. The van der Waals surface area contributed by atoms with Gasteiger partial charge in [-0.2, -0.15) is 4.98 Å². The fraction of sp³-hybridized carbons (Fsp3) is 0.524. The Morgan fingerprint density at radius 3 is 2.75 bits per heavy atom. The van der Waals surface area contributed by atoms with Gasteiger partial charge in [-0.05, 0) is 31.4 Å². The molecular weight excluding hydrogens is 356 g/mol. The highest BCUT2D eigenvalue weighted by molar-refractivity contribution is 5.80. The summed E-state index contributed by atoms with van der Waals surface area (Å²) in [5.41, 5.74) is 0.875. The number of carbonyl (C=O) groups is 2. The standard InChI is InChI=1S/C21H26N4O3/c26-18-11-7-13-24(18)15-12-19(27)25-14-6-2-5-10-17(25)20-22-21(28-23-20)16-8-3-1-4-9-16/h1,3-4,8-9,17H,2,5-7,10-15H2/t17-/m0/s1. The van der Waals surface area contributed by atoms with Crippen LogP contribution in [0.4, 0.5) is 0 Å². The first-order chi connectivity index (χ1) is 13.7. The Morgan fingerprint density at radius 2 is 1.96 bits per heavy atom. The number of hydrogen-bond donors (Lipinski definition) is 0. The molecule has 148 valence electrons. The van der Waals surface area contributed by atoms with E-state index in [9.17, 15) is 9.59 Å². The Labute approximate surface area is 164 Å². The van der Waals surface area contributed by atoms with Crippen molar-refractivity contribution in [2.24, 2.45) is 0 Å². The van der Waals surface area contributed by atoms with Crippen LogP contribution in [0.25, 0.3) is 11.5 Å². The fourth-order valence-corrected chi connectivity index (χ4v) is 4.06. The van der Waals surface area contributed by atoms with E-state index in [0.717, 1.165) is 44.2 Å². The van der Waals surface area contributed by atoms with Gasteiger partial charge in [0.25, 0.3) is 5.89 Å². The molecule has 0 saturated carbocycles. The highest BCUT2D eigenvalue weighted by atomic mass is 16.5. The van der Waals surface area contributed by atoms with Crippen molar-refractivity contribution in [2.75, 3.05) is 19.6 Å². The quantitative estimate of drug-likeness (QED) is 0.793. The summed E-state index contributed by atoms with van der Waals surface area (Å²) in [4.78, 5) is 33.1. The van der Waals surface area contributed by atoms with Crippen molar-refractivity contribution in [3.05, 3.63) is 36.2 Å². The van der Waals surface area contributed by atoms with Gasteiger partial charge in [-0.1, -0.05) is 36.2 Å². The zero-order chi connectivity index (χ0) is 19.3. The van der Waals surface area contributed by atoms with Gasteiger partial charge in [0.05, 0.1) is 6.04 Å². The Bertz CT molecular complexity index is 820. The topological polar surface area (TPSA) is 79.5 Å². The number of hydrogen-bond acceptors (Lipinski definition) is 5. The van der Waals surface area contributed by atoms with Crippen molar-refractivity contribution in [1.29, 1.82) is 0 Å². The molecule has 7 heteroatoms. The molecule has 2 amide bonds. The van der Waals surface area contributed by atoms with Crippen LogP contribution in [-0.2, 0) is 9.59 Å². The summed E-state index contributed by atoms with van der Waals surface area (Å²) >= 11 is 0. The largest absolute Gasteiger partial charge is 0.342 e. The van der Waals surface area contributed by atoms with E-state index in [-0.39, 0.29) is 17.9 Å². The maximum absolute atomic E-state index is 13.0. The third kappa shape index (κ3) is 4.08. The predicted molar refractivity (Wildman–Crippen MR) is 103 cm³/mol. The molecule has 0 radical (unpaired) electrons. The monoisotopic (exact) mass is 382 g/mol. The van der Waals surface area contributed by atoms with E-state index in [1.54, 1.807) is 4.90 Å². The Balaban J connectivity index is 1.48. The van der Waals surface area contributed by atoms with Crippen LogP contribution < -0.4 is 0 Å². The van der Waals surface area contributed by atoms with Crippen LogP contribution in [0.3, 0.4) is 0 Å². The Kier molecular flexibility index (Phi) is 5.69. The number of rotatable bonds is 5. The molecule has 3 heterocycles. The lowest BCUT2D eigenvalue weighted by atomic mass is 10.1. The highest BCUT2D eigenvalue weighted by Crippen LogP contribution is 2.30. The van der Waals surface area contributed by atoms with Crippen molar-refractivity contribution >= 4 is 11.8 Å². The molecule has 0 spiro atoms. The van der Waals surface area contributed by atoms with Crippen LogP contribution in [0.15, 0.2) is 34.9 Å². The molecule has 28 heavy (non-hydrogen) atoms. The van der Waals surface area contributed by atoms with Gasteiger partial charge in [-0.25, -0.2) is 0 Å². The van der Waals surface area contributed by atoms with Crippen LogP contribution in [0, 0.1) is 0 Å². The molecule has 7 nitrogen and oxygen atoms in total. The summed E-state index contributed by atoms with van der Waals surface area (Å²) in [5.74, 6) is 1.28. The lowest BCUT2D eigenvalue weighted by Crippen LogP contribution is -2.38. The van der Waals surface area contributed by atoms with E-state index in [1.165, 1.54) is 0 Å². The normalized spacial score (nSPS) is 20.4. The molecule has 2 saturated heterocycles. The van der Waals surface area contributed by atoms with Crippen molar-refractivity contribution in [3.63, 3.8) is 0 Å². The van der Waals surface area contributed by atoms with E-state index >= 15 is 0 Å². The van der Waals surface area contributed by atoms with E-state index in [1.807, 2.05) is 35.2 Å². The lowest BCUT2D eigenvalue weighted by molar-refractivity contribution is -0.135. The van der Waals surface area contributed by atoms with E-state index < -0.39 is 0 Å². The maximum Gasteiger partial charge on any atom is 0.257 e. The molecule has 2 aliphatic heterocycles. The summed E-state index contributed by atoms with van der Waals surface area (Å²) in [6.45, 7) is 1.97. The van der Waals surface area contributed by atoms with Gasteiger partial charge < -0.3 is 14.3 Å². The number of carbonyl (C=O) groups excluding carboxylic acids is 2. The molecule has 2 fully saturated rings. The first kappa shape index (κ1) is 18.7. The van der Waals surface area contributed by atoms with E-state index in [2.05, 4.69) is 10.1 Å². The van der Waals surface area contributed by atoms with Crippen LogP contribution in [0.1, 0.15) is 56.8 Å². The summed E-state index contributed by atoms with van der Waals surface area (Å²) < 4.78 is 5.48. The average Bonchev–Trinajstić information content (AvgIpc) is 3.30. The van der Waals surface area contributed by atoms with Crippen molar-refractivity contribution < 1.29 is 14.1 Å². The number of aromatic nitrogens is 2. The van der Waals surface area contributed by atoms with Gasteiger partial charge in [0.1, 0.15) is 0 Å². The first-order valence-corrected chi connectivity index (χ1v) is 10.2. The van der Waals surface area contributed by atoms with Crippen LogP contribution in [-0.4, -0.2) is 51.4 Å². The molecule has 1 atom stereocenters. The second-order valence-electron chi connectivity index (χ2n) is 7.51. The molecule has 0 N–H and O–H groups in total. The first-order valence-electron chi connectivity index (χ1n) is 10.2. The summed E-state index contributed by atoms with van der Waals surface area (Å²) in [7, 11) is 0. The summed E-state index contributed by atoms with van der Waals surface area (Å²) in [5, 5.41) is 4.20. The number of benzene rings is 1. The number of likely N-dealkylation sites (tertiary alicyclic amines) is 2. The van der Waals surface area contributed by atoms with Gasteiger partial charge in [0.15, 0.2) is 5.82 Å². The zero-order valence-corrected chi connectivity index (χ0v) is 16.0. The lowest BCUT2D eigenvalue weighted by Gasteiger charge is -2.28. The van der Waals surface area contributed by atoms with E-state index in [0.29, 0.717) is 37.6 Å². The minimum atomic E-state index is -0.162. The maximum atomic E-state index is 13.0. The van der Waals surface area contributed by atoms with Crippen LogP contribution in [0.2, 0.25) is 0 Å². The molecule has 0 unspecified atom stereocenters. The van der Waals surface area contributed by atoms with Gasteiger partial charge in [0.2, 0.25) is 11.8 Å². The minimum absolute atomic E-state index is 0.0673. The fourth-order valence-electron chi connectivity index (χ4n) is 4.06. The van der Waals surface area contributed by atoms with Crippen molar-refractivity contribution in [1.82, 2.24) is 19.9 Å². The SMILES string of the molecule is O=C1CCCN1CCC(=O)N1CCCCC[C@H]1c1noc(-c2ccccc2)n1. The predicted octanol–water partition coefficient (Wildman–Crippen LogP) is 3.19. The van der Waals surface area contributed by atoms with E-state index in [4.69, 9.17) is 4.52 Å². The number of nitrogens with zero attached hydrogens (tertiary/aromatic N) is 4. The third-order valence-electron chi connectivity index (χ3n) is 5.60. The number of amides is 2. The molecule has 0 bridgehead atoms. The molecule has 2 aromatic rings. The van der Waals surface area contributed by atoms with Gasteiger partial charge in [-0.15, -0.1) is 0 Å².